The quantitative estimate of drug-likeness (QED) is 0.843. The van der Waals surface area contributed by atoms with Gasteiger partial charge in [0.05, 0.1) is 19.3 Å². The van der Waals surface area contributed by atoms with Crippen LogP contribution < -0.4 is 0 Å². The Labute approximate surface area is 128 Å². The van der Waals surface area contributed by atoms with Gasteiger partial charge in [-0.25, -0.2) is 9.07 Å². The molecule has 1 fully saturated rings. The molecule has 0 aliphatic carbocycles. The van der Waals surface area contributed by atoms with Crippen molar-refractivity contribution in [2.45, 2.75) is 32.5 Å². The van der Waals surface area contributed by atoms with Gasteiger partial charge >= 0.3 is 0 Å². The molecule has 0 spiro atoms. The summed E-state index contributed by atoms with van der Waals surface area (Å²) in [5, 5.41) is 11.9. The Morgan fingerprint density at radius 2 is 2.14 bits per heavy atom. The van der Waals surface area contributed by atoms with Gasteiger partial charge in [-0.1, -0.05) is 19.1 Å². The Balaban J connectivity index is 1.65. The van der Waals surface area contributed by atoms with Crippen LogP contribution in [0.3, 0.4) is 0 Å². The van der Waals surface area contributed by atoms with Crippen LogP contribution in [0.1, 0.15) is 30.8 Å². The van der Waals surface area contributed by atoms with Crippen molar-refractivity contribution in [3.63, 3.8) is 0 Å². The highest BCUT2D eigenvalue weighted by molar-refractivity contribution is 5.19. The summed E-state index contributed by atoms with van der Waals surface area (Å²) in [4.78, 5) is 2.27. The third kappa shape index (κ3) is 3.48. The van der Waals surface area contributed by atoms with Crippen molar-refractivity contribution >= 4 is 0 Å². The number of tetrazole rings is 1. The highest BCUT2D eigenvalue weighted by Crippen LogP contribution is 2.23. The monoisotopic (exact) mass is 305 g/mol. The lowest BCUT2D eigenvalue weighted by Gasteiger charge is -2.32. The van der Waals surface area contributed by atoms with Crippen LogP contribution in [0.15, 0.2) is 24.3 Å². The van der Waals surface area contributed by atoms with Crippen molar-refractivity contribution in [3.8, 4) is 0 Å². The van der Waals surface area contributed by atoms with E-state index in [0.717, 1.165) is 37.4 Å². The maximum Gasteiger partial charge on any atom is 0.165 e. The molecule has 1 aromatic carbocycles. The first kappa shape index (κ1) is 15.1. The van der Waals surface area contributed by atoms with E-state index in [-0.39, 0.29) is 11.9 Å². The van der Waals surface area contributed by atoms with Crippen LogP contribution >= 0.6 is 0 Å². The lowest BCUT2D eigenvalue weighted by Crippen LogP contribution is -2.38. The molecule has 22 heavy (non-hydrogen) atoms. The number of halogens is 1. The second-order valence-corrected chi connectivity index (χ2v) is 5.46. The van der Waals surface area contributed by atoms with Gasteiger partial charge in [-0.3, -0.25) is 4.90 Å². The fourth-order valence-corrected chi connectivity index (χ4v) is 2.65. The Morgan fingerprint density at radius 1 is 1.32 bits per heavy atom. The first-order chi connectivity index (χ1) is 10.8. The molecule has 0 unspecified atom stereocenters. The molecule has 2 aromatic rings. The topological polar surface area (TPSA) is 56.1 Å². The standard InChI is InChI=1S/C15H20FN5O/c1-2-7-21-15(17-18-19-21)11-20-8-9-22-14(10-20)12-3-5-13(16)6-4-12/h3-6,14H,2,7-11H2,1H3/t14-/m1/s1. The average molecular weight is 305 g/mol. The van der Waals surface area contributed by atoms with Crippen LogP contribution in [0.5, 0.6) is 0 Å². The van der Waals surface area contributed by atoms with E-state index < -0.39 is 0 Å². The third-order valence-electron chi connectivity index (χ3n) is 3.80. The van der Waals surface area contributed by atoms with Gasteiger partial charge < -0.3 is 4.74 Å². The minimum Gasteiger partial charge on any atom is -0.371 e. The predicted molar refractivity (Wildman–Crippen MR) is 78.5 cm³/mol. The molecule has 7 heteroatoms. The lowest BCUT2D eigenvalue weighted by atomic mass is 10.1. The Bertz CT molecular complexity index is 600. The van der Waals surface area contributed by atoms with Gasteiger partial charge in [-0.05, 0) is 34.5 Å². The lowest BCUT2D eigenvalue weighted by molar-refractivity contribution is -0.0340. The van der Waals surface area contributed by atoms with E-state index in [1.54, 1.807) is 12.1 Å². The molecule has 1 aromatic heterocycles. The van der Waals surface area contributed by atoms with Crippen molar-refractivity contribution in [1.82, 2.24) is 25.1 Å². The van der Waals surface area contributed by atoms with Crippen LogP contribution in [0, 0.1) is 5.82 Å². The Hall–Kier alpha value is -1.86. The summed E-state index contributed by atoms with van der Waals surface area (Å²) in [7, 11) is 0. The maximum atomic E-state index is 13.0. The number of aromatic nitrogens is 4. The molecule has 1 aliphatic rings. The van der Waals surface area contributed by atoms with E-state index in [1.807, 2.05) is 4.68 Å². The van der Waals surface area contributed by atoms with E-state index in [9.17, 15) is 4.39 Å². The highest BCUT2D eigenvalue weighted by atomic mass is 19.1. The minimum atomic E-state index is -0.227. The largest absolute Gasteiger partial charge is 0.371 e. The zero-order valence-corrected chi connectivity index (χ0v) is 12.7. The van der Waals surface area contributed by atoms with Gasteiger partial charge in [0.15, 0.2) is 5.82 Å². The fourth-order valence-electron chi connectivity index (χ4n) is 2.65. The summed E-state index contributed by atoms with van der Waals surface area (Å²) in [6, 6.07) is 6.51. The number of morpholine rings is 1. The van der Waals surface area contributed by atoms with E-state index in [2.05, 4.69) is 27.3 Å². The smallest absolute Gasteiger partial charge is 0.165 e. The van der Waals surface area contributed by atoms with Crippen molar-refractivity contribution < 1.29 is 9.13 Å². The second-order valence-electron chi connectivity index (χ2n) is 5.46. The number of aryl methyl sites for hydroxylation is 1. The molecule has 3 rings (SSSR count). The summed E-state index contributed by atoms with van der Waals surface area (Å²) >= 11 is 0. The third-order valence-corrected chi connectivity index (χ3v) is 3.80. The van der Waals surface area contributed by atoms with E-state index in [1.165, 1.54) is 12.1 Å². The SMILES string of the molecule is CCCn1nnnc1CN1CCO[C@@H](c2ccc(F)cc2)C1. The fraction of sp³-hybridized carbons (Fsp3) is 0.533. The van der Waals surface area contributed by atoms with E-state index >= 15 is 0 Å². The first-order valence-corrected chi connectivity index (χ1v) is 7.60. The molecule has 6 nitrogen and oxygen atoms in total. The number of nitrogens with zero attached hydrogens (tertiary/aromatic N) is 5. The molecule has 0 saturated carbocycles. The van der Waals surface area contributed by atoms with Crippen LogP contribution in [0.4, 0.5) is 4.39 Å². The zero-order chi connectivity index (χ0) is 15.4. The molecule has 1 aliphatic heterocycles. The first-order valence-electron chi connectivity index (χ1n) is 7.60. The number of benzene rings is 1. The van der Waals surface area contributed by atoms with Crippen LogP contribution in [-0.2, 0) is 17.8 Å². The molecule has 118 valence electrons. The predicted octanol–water partition coefficient (Wildman–Crippen LogP) is 1.80. The molecule has 0 N–H and O–H groups in total. The van der Waals surface area contributed by atoms with Crippen molar-refractivity contribution in [1.29, 1.82) is 0 Å². The maximum absolute atomic E-state index is 13.0. The van der Waals surface area contributed by atoms with Gasteiger partial charge in [0.2, 0.25) is 0 Å². The molecular formula is C15H20FN5O. The average Bonchev–Trinajstić information content (AvgIpc) is 2.96. The number of hydrogen-bond donors (Lipinski definition) is 0. The van der Waals surface area contributed by atoms with Gasteiger partial charge in [-0.2, -0.15) is 0 Å². The van der Waals surface area contributed by atoms with E-state index in [0.29, 0.717) is 13.2 Å². The second kappa shape index (κ2) is 6.93. The molecule has 1 atom stereocenters. The molecular weight excluding hydrogens is 285 g/mol. The highest BCUT2D eigenvalue weighted by Gasteiger charge is 2.23. The number of rotatable bonds is 5. The molecule has 0 radical (unpaired) electrons. The molecule has 2 heterocycles. The normalized spacial score (nSPS) is 19.5. The Kier molecular flexibility index (Phi) is 4.74. The zero-order valence-electron chi connectivity index (χ0n) is 12.7. The molecule has 1 saturated heterocycles. The summed E-state index contributed by atoms with van der Waals surface area (Å²) in [5.41, 5.74) is 0.999. The summed E-state index contributed by atoms with van der Waals surface area (Å²) in [5.74, 6) is 0.650. The summed E-state index contributed by atoms with van der Waals surface area (Å²) in [6.45, 7) is 5.88. The van der Waals surface area contributed by atoms with E-state index in [4.69, 9.17) is 4.74 Å². The minimum absolute atomic E-state index is 0.0372. The van der Waals surface area contributed by atoms with Crippen molar-refractivity contribution in [2.75, 3.05) is 19.7 Å². The summed E-state index contributed by atoms with van der Waals surface area (Å²) in [6.07, 6.45) is 0.962. The van der Waals surface area contributed by atoms with Crippen molar-refractivity contribution in [2.24, 2.45) is 0 Å². The van der Waals surface area contributed by atoms with Gasteiger partial charge in [-0.15, -0.1) is 5.10 Å². The molecule has 0 amide bonds. The van der Waals surface area contributed by atoms with Crippen molar-refractivity contribution in [3.05, 3.63) is 41.5 Å². The summed E-state index contributed by atoms with van der Waals surface area (Å²) < 4.78 is 20.7. The van der Waals surface area contributed by atoms with Crippen LogP contribution in [-0.4, -0.2) is 44.8 Å². The number of hydrogen-bond acceptors (Lipinski definition) is 5. The Morgan fingerprint density at radius 3 is 2.91 bits per heavy atom. The van der Waals surface area contributed by atoms with Gasteiger partial charge in [0, 0.05) is 19.6 Å². The number of ether oxygens (including phenoxy) is 1. The van der Waals surface area contributed by atoms with Gasteiger partial charge in [0.25, 0.3) is 0 Å². The van der Waals surface area contributed by atoms with Crippen LogP contribution in [0.2, 0.25) is 0 Å². The molecule has 0 bridgehead atoms. The van der Waals surface area contributed by atoms with Crippen LogP contribution in [0.25, 0.3) is 0 Å². The van der Waals surface area contributed by atoms with Gasteiger partial charge in [0.1, 0.15) is 5.82 Å².